The number of aryl methyl sites for hydroxylation is 1. The predicted octanol–water partition coefficient (Wildman–Crippen LogP) is 4.24. The van der Waals surface area contributed by atoms with Gasteiger partial charge in [-0.15, -0.1) is 0 Å². The molecule has 0 aliphatic heterocycles. The number of nitriles is 1. The molecule has 0 spiro atoms. The predicted molar refractivity (Wildman–Crippen MR) is 108 cm³/mol. The van der Waals surface area contributed by atoms with Gasteiger partial charge in [0.25, 0.3) is 5.91 Å². The van der Waals surface area contributed by atoms with Gasteiger partial charge in [0, 0.05) is 23.7 Å². The molecule has 1 amide bonds. The van der Waals surface area contributed by atoms with Crippen molar-refractivity contribution in [3.05, 3.63) is 78.1 Å². The van der Waals surface area contributed by atoms with E-state index in [0.29, 0.717) is 22.5 Å². The zero-order valence-corrected chi connectivity index (χ0v) is 15.3. The number of hydrogen-bond donors (Lipinski definition) is 1. The van der Waals surface area contributed by atoms with E-state index in [4.69, 9.17) is 4.98 Å². The lowest BCUT2D eigenvalue weighted by Crippen LogP contribution is -2.14. The molecular formula is C22H17N5O. The Balaban J connectivity index is 1.81. The molecule has 0 aliphatic carbocycles. The molecule has 0 saturated heterocycles. The van der Waals surface area contributed by atoms with Gasteiger partial charge in [-0.1, -0.05) is 30.3 Å². The Morgan fingerprint density at radius 2 is 1.96 bits per heavy atom. The van der Waals surface area contributed by atoms with Gasteiger partial charge in [0.1, 0.15) is 6.07 Å². The van der Waals surface area contributed by atoms with Gasteiger partial charge in [-0.05, 0) is 31.2 Å². The summed E-state index contributed by atoms with van der Waals surface area (Å²) in [5.74, 6) is -0.287. The summed E-state index contributed by atoms with van der Waals surface area (Å²) >= 11 is 0. The molecule has 4 aromatic rings. The molecule has 2 heterocycles. The number of carbonyl (C=O) groups excluding carboxylic acids is 1. The fraction of sp³-hybridized carbons (Fsp3) is 0.0909. The highest BCUT2D eigenvalue weighted by Gasteiger charge is 2.16. The highest BCUT2D eigenvalue weighted by molar-refractivity contribution is 6.13. The van der Waals surface area contributed by atoms with Gasteiger partial charge in [0.05, 0.1) is 34.2 Å². The Bertz CT molecular complexity index is 1220. The Labute approximate surface area is 162 Å². The van der Waals surface area contributed by atoms with E-state index in [1.54, 1.807) is 36.5 Å². The van der Waals surface area contributed by atoms with Crippen LogP contribution in [-0.2, 0) is 6.54 Å². The van der Waals surface area contributed by atoms with Crippen LogP contribution in [0, 0.1) is 11.3 Å². The van der Waals surface area contributed by atoms with E-state index >= 15 is 0 Å². The van der Waals surface area contributed by atoms with Gasteiger partial charge in [-0.3, -0.25) is 9.48 Å². The molecule has 6 nitrogen and oxygen atoms in total. The molecule has 6 heteroatoms. The second-order valence-electron chi connectivity index (χ2n) is 6.27. The molecule has 4 rings (SSSR count). The van der Waals surface area contributed by atoms with Gasteiger partial charge >= 0.3 is 0 Å². The van der Waals surface area contributed by atoms with Crippen LogP contribution in [0.15, 0.2) is 67.0 Å². The van der Waals surface area contributed by atoms with Crippen LogP contribution in [-0.4, -0.2) is 20.7 Å². The van der Waals surface area contributed by atoms with Crippen LogP contribution >= 0.6 is 0 Å². The van der Waals surface area contributed by atoms with Crippen molar-refractivity contribution >= 4 is 22.5 Å². The Morgan fingerprint density at radius 1 is 1.18 bits per heavy atom. The molecule has 0 fully saturated rings. The van der Waals surface area contributed by atoms with Crippen molar-refractivity contribution in [1.82, 2.24) is 14.8 Å². The van der Waals surface area contributed by atoms with Crippen molar-refractivity contribution in [2.24, 2.45) is 0 Å². The number of nitrogens with one attached hydrogen (secondary N) is 1. The number of pyridine rings is 1. The monoisotopic (exact) mass is 367 g/mol. The van der Waals surface area contributed by atoms with E-state index in [1.807, 2.05) is 42.1 Å². The van der Waals surface area contributed by atoms with E-state index in [2.05, 4.69) is 16.5 Å². The fourth-order valence-electron chi connectivity index (χ4n) is 3.06. The minimum atomic E-state index is -0.287. The second-order valence-corrected chi connectivity index (χ2v) is 6.27. The molecule has 2 aromatic carbocycles. The molecular weight excluding hydrogens is 350 g/mol. The maximum Gasteiger partial charge on any atom is 0.256 e. The summed E-state index contributed by atoms with van der Waals surface area (Å²) < 4.78 is 1.81. The number of fused-ring (bicyclic) bond motifs is 1. The number of para-hydroxylation sites is 2. The maximum absolute atomic E-state index is 13.1. The van der Waals surface area contributed by atoms with Crippen molar-refractivity contribution in [2.45, 2.75) is 13.5 Å². The van der Waals surface area contributed by atoms with Crippen molar-refractivity contribution in [3.63, 3.8) is 0 Å². The first-order valence-electron chi connectivity index (χ1n) is 8.92. The summed E-state index contributed by atoms with van der Waals surface area (Å²) in [5, 5.41) is 17.2. The third kappa shape index (κ3) is 3.21. The summed E-state index contributed by atoms with van der Waals surface area (Å²) in [6.07, 6.45) is 3.65. The van der Waals surface area contributed by atoms with Crippen LogP contribution in [0.25, 0.3) is 22.2 Å². The molecule has 136 valence electrons. The van der Waals surface area contributed by atoms with Crippen LogP contribution in [0.1, 0.15) is 22.8 Å². The molecule has 0 bridgehead atoms. The van der Waals surface area contributed by atoms with Crippen LogP contribution < -0.4 is 5.32 Å². The zero-order valence-electron chi connectivity index (χ0n) is 15.3. The first-order valence-corrected chi connectivity index (χ1v) is 8.92. The van der Waals surface area contributed by atoms with Crippen molar-refractivity contribution < 1.29 is 4.79 Å². The fourth-order valence-corrected chi connectivity index (χ4v) is 3.06. The molecule has 0 radical (unpaired) electrons. The Kier molecular flexibility index (Phi) is 4.56. The van der Waals surface area contributed by atoms with Crippen LogP contribution in [0.2, 0.25) is 0 Å². The lowest BCUT2D eigenvalue weighted by Gasteiger charge is -2.11. The summed E-state index contributed by atoms with van der Waals surface area (Å²) in [6, 6.07) is 18.3. The number of aromatic nitrogens is 3. The average Bonchev–Trinajstić information content (AvgIpc) is 3.22. The third-order valence-electron chi connectivity index (χ3n) is 4.51. The third-order valence-corrected chi connectivity index (χ3v) is 4.51. The summed E-state index contributed by atoms with van der Waals surface area (Å²) in [7, 11) is 0. The number of nitrogens with zero attached hydrogens (tertiary/aromatic N) is 4. The molecule has 28 heavy (non-hydrogen) atoms. The molecule has 0 unspecified atom stereocenters. The second kappa shape index (κ2) is 7.33. The zero-order chi connectivity index (χ0) is 19.5. The molecule has 1 N–H and O–H groups in total. The van der Waals surface area contributed by atoms with Crippen molar-refractivity contribution in [2.75, 3.05) is 5.32 Å². The lowest BCUT2D eigenvalue weighted by molar-refractivity contribution is 0.102. The summed E-state index contributed by atoms with van der Waals surface area (Å²) in [4.78, 5) is 17.8. The first-order chi connectivity index (χ1) is 13.7. The van der Waals surface area contributed by atoms with E-state index < -0.39 is 0 Å². The van der Waals surface area contributed by atoms with E-state index in [1.165, 1.54) is 0 Å². The minimum absolute atomic E-state index is 0.287. The van der Waals surface area contributed by atoms with E-state index in [9.17, 15) is 10.1 Å². The van der Waals surface area contributed by atoms with Gasteiger partial charge in [-0.25, -0.2) is 4.98 Å². The number of benzene rings is 2. The summed E-state index contributed by atoms with van der Waals surface area (Å²) in [5.41, 5.74) is 3.65. The normalized spacial score (nSPS) is 10.6. The number of anilines is 1. The first kappa shape index (κ1) is 17.4. The smallest absolute Gasteiger partial charge is 0.256 e. The largest absolute Gasteiger partial charge is 0.321 e. The van der Waals surface area contributed by atoms with Gasteiger partial charge in [-0.2, -0.15) is 10.4 Å². The van der Waals surface area contributed by atoms with Gasteiger partial charge < -0.3 is 5.32 Å². The van der Waals surface area contributed by atoms with Crippen LogP contribution in [0.4, 0.5) is 5.69 Å². The Morgan fingerprint density at radius 3 is 2.75 bits per heavy atom. The highest BCUT2D eigenvalue weighted by Crippen LogP contribution is 2.26. The van der Waals surface area contributed by atoms with Crippen molar-refractivity contribution in [1.29, 1.82) is 5.26 Å². The minimum Gasteiger partial charge on any atom is -0.321 e. The SMILES string of the molecule is CCn1cc(-c2cc(C(=O)Nc3ccccc3C#N)c3ccccc3n2)cn1. The number of amides is 1. The van der Waals surface area contributed by atoms with Crippen LogP contribution in [0.5, 0.6) is 0 Å². The molecule has 0 saturated carbocycles. The van der Waals surface area contributed by atoms with Gasteiger partial charge in [0.2, 0.25) is 0 Å². The highest BCUT2D eigenvalue weighted by atomic mass is 16.1. The number of carbonyl (C=O) groups is 1. The van der Waals surface area contributed by atoms with Crippen molar-refractivity contribution in [3.8, 4) is 17.3 Å². The standard InChI is InChI=1S/C22H17N5O/c1-2-27-14-16(13-24-27)21-11-18(17-8-4-6-10-20(17)25-21)22(28)26-19-9-5-3-7-15(19)12-23/h3-11,13-14H,2H2,1H3,(H,26,28). The average molecular weight is 367 g/mol. The maximum atomic E-state index is 13.1. The van der Waals surface area contributed by atoms with Crippen LogP contribution in [0.3, 0.4) is 0 Å². The van der Waals surface area contributed by atoms with E-state index in [-0.39, 0.29) is 5.91 Å². The Hall–Kier alpha value is -3.98. The quantitative estimate of drug-likeness (QED) is 0.585. The molecule has 0 atom stereocenters. The topological polar surface area (TPSA) is 83.6 Å². The van der Waals surface area contributed by atoms with E-state index in [0.717, 1.165) is 23.0 Å². The van der Waals surface area contributed by atoms with Gasteiger partial charge in [0.15, 0.2) is 0 Å². The molecule has 2 aromatic heterocycles. The lowest BCUT2D eigenvalue weighted by atomic mass is 10.0. The molecule has 0 aliphatic rings. The number of rotatable bonds is 4. The number of hydrogen-bond acceptors (Lipinski definition) is 4. The summed E-state index contributed by atoms with van der Waals surface area (Å²) in [6.45, 7) is 2.77.